The molecule has 0 radical (unpaired) electrons. The second kappa shape index (κ2) is 13.7. The van der Waals surface area contributed by atoms with Crippen LogP contribution in [-0.2, 0) is 19.2 Å². The van der Waals surface area contributed by atoms with Gasteiger partial charge in [0.25, 0.3) is 0 Å². The van der Waals surface area contributed by atoms with Crippen molar-refractivity contribution >= 4 is 46.3 Å². The number of aliphatic hydroxyl groups excluding tert-OH is 4. The molecule has 56 heavy (non-hydrogen) atoms. The number of aliphatic hydroxyl groups is 4. The van der Waals surface area contributed by atoms with Gasteiger partial charge in [-0.2, -0.15) is 0 Å². The van der Waals surface area contributed by atoms with Crippen LogP contribution in [0.3, 0.4) is 0 Å². The number of carbonyl (C=O) groups excluding carboxylic acids is 4. The molecule has 0 spiro atoms. The van der Waals surface area contributed by atoms with Crippen molar-refractivity contribution in [2.45, 2.75) is 114 Å². The Balaban J connectivity index is 0.000000172. The maximum Gasteiger partial charge on any atom is 0.178 e. The molecule has 0 heterocycles. The van der Waals surface area contributed by atoms with E-state index in [2.05, 4.69) is 0 Å². The third kappa shape index (κ3) is 5.40. The average Bonchev–Trinajstić information content (AvgIpc) is 3.55. The molecule has 0 amide bonds. The lowest BCUT2D eigenvalue weighted by Crippen LogP contribution is -2.67. The number of halogens is 4. The van der Waals surface area contributed by atoms with Crippen LogP contribution in [0.4, 0.5) is 8.78 Å². The molecule has 8 nitrogen and oxygen atoms in total. The zero-order valence-electron chi connectivity index (χ0n) is 33.0. The molecule has 6 fully saturated rings. The fourth-order valence-corrected chi connectivity index (χ4v) is 15.7. The Morgan fingerprint density at radius 3 is 1.32 bits per heavy atom. The van der Waals surface area contributed by atoms with E-state index in [-0.39, 0.29) is 83.3 Å². The Morgan fingerprint density at radius 2 is 1.00 bits per heavy atom. The van der Waals surface area contributed by atoms with Crippen molar-refractivity contribution < 1.29 is 48.4 Å². The normalized spacial score (nSPS) is 52.5. The molecule has 308 valence electrons. The van der Waals surface area contributed by atoms with E-state index >= 15 is 8.78 Å². The molecule has 0 aliphatic heterocycles. The number of rotatable bonds is 4. The first-order chi connectivity index (χ1) is 26.0. The minimum Gasteiger partial charge on any atom is -0.391 e. The van der Waals surface area contributed by atoms with Gasteiger partial charge in [-0.05, 0) is 120 Å². The van der Waals surface area contributed by atoms with Crippen molar-refractivity contribution in [3.05, 3.63) is 47.6 Å². The highest BCUT2D eigenvalue weighted by Crippen LogP contribution is 2.72. The smallest absolute Gasteiger partial charge is 0.178 e. The van der Waals surface area contributed by atoms with Crippen LogP contribution in [0.15, 0.2) is 47.6 Å². The molecule has 18 atom stereocenters. The van der Waals surface area contributed by atoms with Crippen molar-refractivity contribution in [1.29, 1.82) is 0 Å². The van der Waals surface area contributed by atoms with Crippen LogP contribution in [-0.4, -0.2) is 91.1 Å². The van der Waals surface area contributed by atoms with Crippen LogP contribution in [0.25, 0.3) is 0 Å². The lowest BCUT2D eigenvalue weighted by molar-refractivity contribution is -0.141. The first kappa shape index (κ1) is 42.1. The molecular weight excluding hydrogens is 765 g/mol. The summed E-state index contributed by atoms with van der Waals surface area (Å²) < 4.78 is 30.6. The zero-order valence-corrected chi connectivity index (χ0v) is 34.5. The van der Waals surface area contributed by atoms with E-state index in [9.17, 15) is 39.6 Å². The molecule has 0 aromatic rings. The average molecular weight is 822 g/mol. The summed E-state index contributed by atoms with van der Waals surface area (Å²) >= 11 is 14.5. The van der Waals surface area contributed by atoms with Gasteiger partial charge in [-0.15, -0.1) is 23.2 Å². The zero-order chi connectivity index (χ0) is 41.3. The molecule has 8 aliphatic carbocycles. The van der Waals surface area contributed by atoms with Crippen LogP contribution in [0.5, 0.6) is 0 Å². The Bertz CT molecular complexity index is 1720. The number of hydrogen-bond acceptors (Lipinski definition) is 8. The van der Waals surface area contributed by atoms with Crippen LogP contribution in [0, 0.1) is 69.0 Å². The van der Waals surface area contributed by atoms with Gasteiger partial charge in [-0.25, -0.2) is 8.78 Å². The van der Waals surface area contributed by atoms with Crippen molar-refractivity contribution in [2.75, 3.05) is 13.2 Å². The van der Waals surface area contributed by atoms with Crippen molar-refractivity contribution in [3.8, 4) is 0 Å². The van der Waals surface area contributed by atoms with Gasteiger partial charge >= 0.3 is 0 Å². The largest absolute Gasteiger partial charge is 0.391 e. The van der Waals surface area contributed by atoms with Crippen molar-refractivity contribution in [3.63, 3.8) is 0 Å². The van der Waals surface area contributed by atoms with Crippen molar-refractivity contribution in [1.82, 2.24) is 0 Å². The SMILES string of the molecule is C[C@@H]1C[C@H]2[C@@H]3C[C@H](F)C4=CC(=O)C=C[C@]4(C)[C@@]3(Cl)[C@@H](O)C[C@]2(C)[C@H]1C(=O)CO.C[C@@H]1C[C@H]2[C@@H]3C[C@H](F)C4=CC(=O)C=C[C@]4(C)[C@@]3(Cl)[C@@H](O)C[C@]2(C)[C@H]1C(=O)CO. The highest BCUT2D eigenvalue weighted by atomic mass is 35.5. The summed E-state index contributed by atoms with van der Waals surface area (Å²) in [6.45, 7) is 10.5. The first-order valence-corrected chi connectivity index (χ1v) is 21.0. The number of hydrogen-bond donors (Lipinski definition) is 4. The minimum atomic E-state index is -1.31. The second-order valence-corrected chi connectivity index (χ2v) is 20.8. The Kier molecular flexibility index (Phi) is 10.3. The van der Waals surface area contributed by atoms with Gasteiger partial charge in [0.2, 0.25) is 0 Å². The lowest BCUT2D eigenvalue weighted by atomic mass is 9.46. The molecule has 0 bridgehead atoms. The second-order valence-electron chi connectivity index (χ2n) is 19.5. The standard InChI is InChI=1S/2C22H28ClFO4/c2*1-11-6-13-14-8-16(24)15-7-12(26)4-5-21(15,3)22(14,23)18(28)9-20(13,2)19(11)17(27)10-25/h2*4-5,7,11,13-14,16,18-19,25,28H,6,8-10H2,1-3H3/t2*11-,13+,14+,16+,18+,19-,20+,21+,22+/m11/s1. The molecule has 8 rings (SSSR count). The molecule has 12 heteroatoms. The van der Waals surface area contributed by atoms with Gasteiger partial charge in [0.05, 0.1) is 22.0 Å². The third-order valence-corrected chi connectivity index (χ3v) is 18.8. The van der Waals surface area contributed by atoms with Gasteiger partial charge in [0, 0.05) is 22.7 Å². The quantitative estimate of drug-likeness (QED) is 0.253. The predicted octanol–water partition coefficient (Wildman–Crippen LogP) is 6.00. The Hall–Kier alpha value is -2.08. The van der Waals surface area contributed by atoms with E-state index < -0.39 is 69.2 Å². The maximum atomic E-state index is 15.3. The predicted molar refractivity (Wildman–Crippen MR) is 207 cm³/mol. The molecule has 0 aromatic heterocycles. The van der Waals surface area contributed by atoms with Gasteiger partial charge < -0.3 is 20.4 Å². The summed E-state index contributed by atoms with van der Waals surface area (Å²) in [7, 11) is 0. The molecule has 0 aromatic carbocycles. The summed E-state index contributed by atoms with van der Waals surface area (Å²) in [5.74, 6) is -2.36. The monoisotopic (exact) mass is 820 g/mol. The van der Waals surface area contributed by atoms with Gasteiger partial charge in [0.1, 0.15) is 25.6 Å². The number of ketones is 4. The number of allylic oxidation sites excluding steroid dienone is 8. The van der Waals surface area contributed by atoms with Gasteiger partial charge in [-0.1, -0.05) is 53.7 Å². The van der Waals surface area contributed by atoms with Crippen LogP contribution >= 0.6 is 23.2 Å². The van der Waals surface area contributed by atoms with Gasteiger partial charge in [-0.3, -0.25) is 19.2 Å². The topological polar surface area (TPSA) is 149 Å². The molecular formula is C44H56Cl2F2O8. The summed E-state index contributed by atoms with van der Waals surface area (Å²) in [6, 6.07) is 0. The number of alkyl halides is 4. The summed E-state index contributed by atoms with van der Waals surface area (Å²) in [5, 5.41) is 41.6. The fourth-order valence-electron chi connectivity index (χ4n) is 14.7. The minimum absolute atomic E-state index is 0.0344. The first-order valence-electron chi connectivity index (χ1n) is 20.2. The summed E-state index contributed by atoms with van der Waals surface area (Å²) in [6.07, 6.45) is 6.62. The molecule has 8 aliphatic rings. The fraction of sp³-hybridized carbons (Fsp3) is 0.727. The van der Waals surface area contributed by atoms with E-state index in [1.165, 1.54) is 24.3 Å². The lowest BCUT2D eigenvalue weighted by Gasteiger charge is -2.63. The number of carbonyl (C=O) groups is 4. The van der Waals surface area contributed by atoms with E-state index in [1.54, 1.807) is 12.2 Å². The molecule has 0 unspecified atom stereocenters. The van der Waals surface area contributed by atoms with E-state index in [4.69, 9.17) is 23.2 Å². The summed E-state index contributed by atoms with van der Waals surface area (Å²) in [5.41, 5.74) is -2.30. The number of Topliss-reactive ketones (excluding diaryl/α,β-unsaturated/α-hetero) is 2. The molecule has 6 saturated carbocycles. The maximum absolute atomic E-state index is 15.3. The van der Waals surface area contributed by atoms with Crippen LogP contribution < -0.4 is 0 Å². The molecule has 0 saturated heterocycles. The van der Waals surface area contributed by atoms with Crippen LogP contribution in [0.2, 0.25) is 0 Å². The van der Waals surface area contributed by atoms with E-state index in [1.807, 2.05) is 41.5 Å². The summed E-state index contributed by atoms with van der Waals surface area (Å²) in [4.78, 5) is 46.5. The highest BCUT2D eigenvalue weighted by Gasteiger charge is 2.73. The highest BCUT2D eigenvalue weighted by molar-refractivity contribution is 6.26. The Labute approximate surface area is 337 Å². The van der Waals surface area contributed by atoms with E-state index in [0.717, 1.165) is 0 Å². The van der Waals surface area contributed by atoms with E-state index in [0.29, 0.717) is 36.8 Å². The van der Waals surface area contributed by atoms with Crippen LogP contribution in [0.1, 0.15) is 80.1 Å². The van der Waals surface area contributed by atoms with Gasteiger partial charge in [0.15, 0.2) is 23.1 Å². The number of fused-ring (bicyclic) bond motifs is 10. The third-order valence-electron chi connectivity index (χ3n) is 16.9. The Morgan fingerprint density at radius 1 is 0.661 bits per heavy atom. The van der Waals surface area contributed by atoms with Crippen molar-refractivity contribution in [2.24, 2.45) is 69.0 Å². The molecule has 4 N–H and O–H groups in total.